The van der Waals surface area contributed by atoms with Crippen molar-refractivity contribution in [3.8, 4) is 11.5 Å². The van der Waals surface area contributed by atoms with Gasteiger partial charge in [0.25, 0.3) is 0 Å². The molecule has 2 N–H and O–H groups in total. The predicted octanol–water partition coefficient (Wildman–Crippen LogP) is 1.90. The summed E-state index contributed by atoms with van der Waals surface area (Å²) in [7, 11) is 0. The Bertz CT molecular complexity index is 778. The minimum absolute atomic E-state index is 0.0283. The maximum Gasteiger partial charge on any atom is 0.508 e. The summed E-state index contributed by atoms with van der Waals surface area (Å²) in [6, 6.07) is 3.43. The molecule has 0 amide bonds. The zero-order valence-electron chi connectivity index (χ0n) is 17.6. The lowest BCUT2D eigenvalue weighted by Gasteiger charge is -2.22. The van der Waals surface area contributed by atoms with Crippen LogP contribution in [0.5, 0.6) is 11.5 Å². The molecule has 30 heavy (non-hydrogen) atoms. The molecule has 0 aliphatic rings. The molecule has 0 bridgehead atoms. The third kappa shape index (κ3) is 8.48. The first kappa shape index (κ1) is 24.9. The van der Waals surface area contributed by atoms with E-state index >= 15 is 0 Å². The third-order valence-corrected chi connectivity index (χ3v) is 3.78. The van der Waals surface area contributed by atoms with E-state index in [9.17, 15) is 19.2 Å². The van der Waals surface area contributed by atoms with Crippen molar-refractivity contribution in [3.05, 3.63) is 23.8 Å². The molecule has 0 radical (unpaired) electrons. The van der Waals surface area contributed by atoms with Crippen LogP contribution in [0.15, 0.2) is 18.2 Å². The van der Waals surface area contributed by atoms with Gasteiger partial charge in [-0.05, 0) is 44.9 Å². The highest BCUT2D eigenvalue weighted by molar-refractivity contribution is 5.76. The van der Waals surface area contributed by atoms with E-state index in [-0.39, 0.29) is 24.5 Å². The van der Waals surface area contributed by atoms with Gasteiger partial charge in [-0.2, -0.15) is 0 Å². The van der Waals surface area contributed by atoms with E-state index in [1.54, 1.807) is 26.8 Å². The Morgan fingerprint density at radius 3 is 2.07 bits per heavy atom. The first-order valence-corrected chi connectivity index (χ1v) is 9.32. The summed E-state index contributed by atoms with van der Waals surface area (Å²) in [6.45, 7) is 7.33. The van der Waals surface area contributed by atoms with Gasteiger partial charge in [-0.3, -0.25) is 14.4 Å². The van der Waals surface area contributed by atoms with Crippen LogP contribution in [-0.2, 0) is 35.0 Å². The van der Waals surface area contributed by atoms with Gasteiger partial charge in [0, 0.05) is 13.8 Å². The minimum atomic E-state index is -1.04. The van der Waals surface area contributed by atoms with E-state index in [2.05, 4.69) is 4.74 Å². The monoisotopic (exact) mass is 425 g/mol. The Balaban J connectivity index is 2.77. The highest BCUT2D eigenvalue weighted by Gasteiger charge is 2.25. The standard InChI is InChI=1S/C20H27NO9/c1-6-26-20(25)28-12(3)11(2)27-19(24)16(21)9-15-7-8-17(29-13(4)22)18(10-15)30-14(5)23/h7-8,10-12,16H,6,9,21H2,1-5H3/t11-,12?,16-/m0/s1. The first-order chi connectivity index (χ1) is 14.0. The maximum absolute atomic E-state index is 12.3. The van der Waals surface area contributed by atoms with E-state index in [1.807, 2.05) is 0 Å². The van der Waals surface area contributed by atoms with Crippen LogP contribution >= 0.6 is 0 Å². The van der Waals surface area contributed by atoms with Gasteiger partial charge in [0.2, 0.25) is 0 Å². The molecule has 10 heteroatoms. The summed E-state index contributed by atoms with van der Waals surface area (Å²) in [5.74, 6) is -1.80. The number of ether oxygens (including phenoxy) is 5. The quantitative estimate of drug-likeness (QED) is 0.460. The van der Waals surface area contributed by atoms with E-state index in [4.69, 9.17) is 24.7 Å². The molecule has 1 rings (SSSR count). The SMILES string of the molecule is CCOC(=O)OC(C)[C@H](C)OC(=O)[C@@H](N)Cc1ccc(OC(C)=O)c(OC(C)=O)c1. The predicted molar refractivity (Wildman–Crippen MR) is 104 cm³/mol. The molecule has 1 aromatic rings. The number of benzene rings is 1. The van der Waals surface area contributed by atoms with Gasteiger partial charge in [-0.1, -0.05) is 6.07 Å². The zero-order chi connectivity index (χ0) is 22.8. The molecule has 0 aromatic heterocycles. The van der Waals surface area contributed by atoms with Crippen molar-refractivity contribution >= 4 is 24.1 Å². The van der Waals surface area contributed by atoms with Crippen molar-refractivity contribution < 1.29 is 42.9 Å². The molecule has 166 valence electrons. The molecule has 0 saturated carbocycles. The summed E-state index contributed by atoms with van der Waals surface area (Å²) in [5, 5.41) is 0. The fourth-order valence-electron chi connectivity index (χ4n) is 2.26. The van der Waals surface area contributed by atoms with Crippen molar-refractivity contribution in [2.45, 2.75) is 59.3 Å². The molecular formula is C20H27NO9. The lowest BCUT2D eigenvalue weighted by Crippen LogP contribution is -2.39. The lowest BCUT2D eigenvalue weighted by molar-refractivity contribution is -0.155. The second kappa shape index (κ2) is 11.8. The van der Waals surface area contributed by atoms with Crippen LogP contribution in [0.2, 0.25) is 0 Å². The molecule has 0 saturated heterocycles. The molecule has 1 aromatic carbocycles. The van der Waals surface area contributed by atoms with Gasteiger partial charge in [-0.25, -0.2) is 4.79 Å². The Kier molecular flexibility index (Phi) is 9.76. The smallest absolute Gasteiger partial charge is 0.458 e. The number of carbonyl (C=O) groups is 4. The highest BCUT2D eigenvalue weighted by atomic mass is 16.7. The van der Waals surface area contributed by atoms with E-state index < -0.39 is 42.3 Å². The minimum Gasteiger partial charge on any atom is -0.458 e. The van der Waals surface area contributed by atoms with Gasteiger partial charge in [0.1, 0.15) is 18.2 Å². The topological polar surface area (TPSA) is 140 Å². The highest BCUT2D eigenvalue weighted by Crippen LogP contribution is 2.29. The molecule has 10 nitrogen and oxygen atoms in total. The maximum atomic E-state index is 12.3. The Morgan fingerprint density at radius 1 is 0.933 bits per heavy atom. The Morgan fingerprint density at radius 2 is 1.50 bits per heavy atom. The van der Waals surface area contributed by atoms with Crippen molar-refractivity contribution in [1.82, 2.24) is 0 Å². The van der Waals surface area contributed by atoms with E-state index in [0.29, 0.717) is 5.56 Å². The van der Waals surface area contributed by atoms with Gasteiger partial charge in [0.15, 0.2) is 11.5 Å². The van der Waals surface area contributed by atoms with Crippen LogP contribution < -0.4 is 15.2 Å². The van der Waals surface area contributed by atoms with Gasteiger partial charge >= 0.3 is 24.1 Å². The molecule has 0 aliphatic heterocycles. The summed E-state index contributed by atoms with van der Waals surface area (Å²) >= 11 is 0. The van der Waals surface area contributed by atoms with Crippen LogP contribution in [-0.4, -0.2) is 48.9 Å². The molecule has 0 heterocycles. The van der Waals surface area contributed by atoms with Crippen LogP contribution in [0.3, 0.4) is 0 Å². The van der Waals surface area contributed by atoms with Crippen LogP contribution in [0.25, 0.3) is 0 Å². The fourth-order valence-corrected chi connectivity index (χ4v) is 2.26. The first-order valence-electron chi connectivity index (χ1n) is 9.32. The summed E-state index contributed by atoms with van der Waals surface area (Å²) in [5.41, 5.74) is 6.47. The van der Waals surface area contributed by atoms with Gasteiger partial charge in [0.05, 0.1) is 6.61 Å². The van der Waals surface area contributed by atoms with Crippen molar-refractivity contribution in [3.63, 3.8) is 0 Å². The third-order valence-electron chi connectivity index (χ3n) is 3.78. The van der Waals surface area contributed by atoms with Crippen molar-refractivity contribution in [2.75, 3.05) is 6.61 Å². The average molecular weight is 425 g/mol. The average Bonchev–Trinajstić information content (AvgIpc) is 2.62. The van der Waals surface area contributed by atoms with Crippen LogP contribution in [0, 0.1) is 0 Å². The van der Waals surface area contributed by atoms with Crippen molar-refractivity contribution in [2.24, 2.45) is 5.73 Å². The molecule has 0 aliphatic carbocycles. The lowest BCUT2D eigenvalue weighted by atomic mass is 10.1. The fraction of sp³-hybridized carbons (Fsp3) is 0.500. The normalized spacial score (nSPS) is 13.4. The van der Waals surface area contributed by atoms with Crippen LogP contribution in [0.1, 0.15) is 40.2 Å². The summed E-state index contributed by atoms with van der Waals surface area (Å²) < 4.78 is 24.9. The second-order valence-electron chi connectivity index (χ2n) is 6.43. The largest absolute Gasteiger partial charge is 0.508 e. The molecule has 0 spiro atoms. The van der Waals surface area contributed by atoms with Gasteiger partial charge < -0.3 is 29.4 Å². The number of nitrogens with two attached hydrogens (primary N) is 1. The molecule has 0 fully saturated rings. The number of rotatable bonds is 9. The van der Waals surface area contributed by atoms with Crippen LogP contribution in [0.4, 0.5) is 4.79 Å². The Labute approximate surface area is 174 Å². The van der Waals surface area contributed by atoms with E-state index in [1.165, 1.54) is 26.0 Å². The number of hydrogen-bond donors (Lipinski definition) is 1. The number of hydrogen-bond acceptors (Lipinski definition) is 10. The van der Waals surface area contributed by atoms with Crippen molar-refractivity contribution in [1.29, 1.82) is 0 Å². The summed E-state index contributed by atoms with van der Waals surface area (Å²) in [4.78, 5) is 46.1. The van der Waals surface area contributed by atoms with Gasteiger partial charge in [-0.15, -0.1) is 0 Å². The van der Waals surface area contributed by atoms with E-state index in [0.717, 1.165) is 0 Å². The number of esters is 3. The summed E-state index contributed by atoms with van der Waals surface area (Å²) in [6.07, 6.45) is -2.29. The number of carbonyl (C=O) groups excluding carboxylic acids is 4. The second-order valence-corrected chi connectivity index (χ2v) is 6.43. The molecule has 3 atom stereocenters. The molecule has 1 unspecified atom stereocenters. The zero-order valence-corrected chi connectivity index (χ0v) is 17.6. The Hall–Kier alpha value is -3.14. The molecular weight excluding hydrogens is 398 g/mol.